The lowest BCUT2D eigenvalue weighted by atomic mass is 10.1. The van der Waals surface area contributed by atoms with Crippen molar-refractivity contribution in [3.05, 3.63) is 79.2 Å². The molecule has 0 aliphatic rings. The topological polar surface area (TPSA) is 3.88 Å². The van der Waals surface area contributed by atoms with Crippen LogP contribution >= 0.6 is 0 Å². The van der Waals surface area contributed by atoms with Gasteiger partial charge < -0.3 is 0 Å². The van der Waals surface area contributed by atoms with Gasteiger partial charge >= 0.3 is 0 Å². The standard InChI is InChI=1S/C17H18N/c1-3-15(2)9-12-18-13-10-17(11-14-18)16-7-5-4-6-8-16/h3-11,13-14H,1,12H2,2H3/q+1/b15-9-. The van der Waals surface area contributed by atoms with Gasteiger partial charge in [-0.05, 0) is 29.7 Å². The van der Waals surface area contributed by atoms with Crippen LogP contribution in [-0.2, 0) is 6.54 Å². The van der Waals surface area contributed by atoms with Crippen LogP contribution in [-0.4, -0.2) is 0 Å². The molecule has 0 aliphatic heterocycles. The normalized spacial score (nSPS) is 11.3. The van der Waals surface area contributed by atoms with Gasteiger partial charge in [-0.2, -0.15) is 0 Å². The van der Waals surface area contributed by atoms with Crippen LogP contribution in [0.5, 0.6) is 0 Å². The molecule has 2 aromatic rings. The van der Waals surface area contributed by atoms with E-state index in [1.165, 1.54) is 16.7 Å². The molecular weight excluding hydrogens is 218 g/mol. The van der Waals surface area contributed by atoms with Gasteiger partial charge in [0.15, 0.2) is 18.9 Å². The van der Waals surface area contributed by atoms with Crippen molar-refractivity contribution in [2.45, 2.75) is 13.5 Å². The number of benzene rings is 1. The van der Waals surface area contributed by atoms with E-state index in [0.717, 1.165) is 6.54 Å². The van der Waals surface area contributed by atoms with Gasteiger partial charge in [0.05, 0.1) is 0 Å². The molecule has 0 radical (unpaired) electrons. The summed E-state index contributed by atoms with van der Waals surface area (Å²) in [5.74, 6) is 0. The lowest BCUT2D eigenvalue weighted by molar-refractivity contribution is -0.687. The van der Waals surface area contributed by atoms with Crippen molar-refractivity contribution in [1.29, 1.82) is 0 Å². The molecule has 0 aliphatic carbocycles. The van der Waals surface area contributed by atoms with E-state index in [9.17, 15) is 0 Å². The van der Waals surface area contributed by atoms with Crippen LogP contribution in [0.2, 0.25) is 0 Å². The Morgan fingerprint density at radius 1 is 1.06 bits per heavy atom. The molecule has 0 saturated carbocycles. The molecule has 0 spiro atoms. The van der Waals surface area contributed by atoms with Crippen molar-refractivity contribution in [2.24, 2.45) is 0 Å². The molecule has 0 fully saturated rings. The second-order valence-electron chi connectivity index (χ2n) is 4.30. The summed E-state index contributed by atoms with van der Waals surface area (Å²) in [6.45, 7) is 6.69. The maximum atomic E-state index is 3.75. The van der Waals surface area contributed by atoms with Gasteiger partial charge in [0.2, 0.25) is 0 Å². The first-order valence-electron chi connectivity index (χ1n) is 6.13. The number of hydrogen-bond acceptors (Lipinski definition) is 0. The minimum atomic E-state index is 0.882. The first kappa shape index (κ1) is 12.3. The van der Waals surface area contributed by atoms with Crippen LogP contribution in [0, 0.1) is 0 Å². The van der Waals surface area contributed by atoms with Crippen LogP contribution in [0.3, 0.4) is 0 Å². The quantitative estimate of drug-likeness (QED) is 0.562. The van der Waals surface area contributed by atoms with E-state index in [4.69, 9.17) is 0 Å². The number of pyridine rings is 1. The van der Waals surface area contributed by atoms with E-state index < -0.39 is 0 Å². The van der Waals surface area contributed by atoms with Crippen LogP contribution in [0.25, 0.3) is 11.1 Å². The Hall–Kier alpha value is -2.15. The fourth-order valence-corrected chi connectivity index (χ4v) is 1.73. The van der Waals surface area contributed by atoms with Gasteiger partial charge in [0, 0.05) is 12.1 Å². The van der Waals surface area contributed by atoms with Gasteiger partial charge in [-0.25, -0.2) is 4.57 Å². The largest absolute Gasteiger partial charge is 0.201 e. The highest BCUT2D eigenvalue weighted by atomic mass is 14.9. The summed E-state index contributed by atoms with van der Waals surface area (Å²) in [6.07, 6.45) is 8.25. The SMILES string of the molecule is C=C/C(C)=C\C[n+]1ccc(-c2ccccc2)cc1. The van der Waals surface area contributed by atoms with E-state index in [0.29, 0.717) is 0 Å². The molecule has 0 unspecified atom stereocenters. The smallest absolute Gasteiger partial charge is 0.169 e. The molecule has 1 aromatic heterocycles. The first-order valence-corrected chi connectivity index (χ1v) is 6.13. The minimum Gasteiger partial charge on any atom is -0.201 e. The van der Waals surface area contributed by atoms with E-state index in [-0.39, 0.29) is 0 Å². The van der Waals surface area contributed by atoms with E-state index in [1.54, 1.807) is 0 Å². The molecule has 1 aromatic carbocycles. The maximum Gasteiger partial charge on any atom is 0.169 e. The van der Waals surface area contributed by atoms with Crippen LogP contribution in [0.4, 0.5) is 0 Å². The third-order valence-corrected chi connectivity index (χ3v) is 2.94. The van der Waals surface area contributed by atoms with Crippen LogP contribution in [0.1, 0.15) is 6.92 Å². The fourth-order valence-electron chi connectivity index (χ4n) is 1.73. The fraction of sp³-hybridized carbons (Fsp3) is 0.118. The second-order valence-corrected chi connectivity index (χ2v) is 4.30. The van der Waals surface area contributed by atoms with Gasteiger partial charge in [-0.1, -0.05) is 43.0 Å². The average molecular weight is 236 g/mol. The van der Waals surface area contributed by atoms with Crippen molar-refractivity contribution in [2.75, 3.05) is 0 Å². The van der Waals surface area contributed by atoms with Crippen molar-refractivity contribution < 1.29 is 4.57 Å². The highest BCUT2D eigenvalue weighted by Crippen LogP contribution is 2.16. The molecule has 1 nitrogen and oxygen atoms in total. The van der Waals surface area contributed by atoms with E-state index in [2.05, 4.69) is 72.9 Å². The Balaban J connectivity index is 2.13. The predicted octanol–water partition coefficient (Wildman–Crippen LogP) is 3.77. The van der Waals surface area contributed by atoms with E-state index in [1.807, 2.05) is 12.1 Å². The predicted molar refractivity (Wildman–Crippen MR) is 76.0 cm³/mol. The summed E-state index contributed by atoms with van der Waals surface area (Å²) in [4.78, 5) is 0. The summed E-state index contributed by atoms with van der Waals surface area (Å²) in [5, 5.41) is 0. The Bertz CT molecular complexity index is 536. The van der Waals surface area contributed by atoms with E-state index >= 15 is 0 Å². The molecular formula is C17H18N+. The van der Waals surface area contributed by atoms with Crippen molar-refractivity contribution >= 4 is 0 Å². The number of nitrogens with zero attached hydrogens (tertiary/aromatic N) is 1. The number of hydrogen-bond donors (Lipinski definition) is 0. The Kier molecular flexibility index (Phi) is 4.08. The Morgan fingerprint density at radius 2 is 1.67 bits per heavy atom. The molecule has 90 valence electrons. The second kappa shape index (κ2) is 5.97. The first-order chi connectivity index (χ1) is 8.79. The summed E-state index contributed by atoms with van der Waals surface area (Å²) in [7, 11) is 0. The van der Waals surface area contributed by atoms with Crippen molar-refractivity contribution in [3.63, 3.8) is 0 Å². The molecule has 0 N–H and O–H groups in total. The number of allylic oxidation sites excluding steroid dienone is 3. The number of rotatable bonds is 4. The molecule has 2 rings (SSSR count). The van der Waals surface area contributed by atoms with Crippen LogP contribution in [0.15, 0.2) is 79.2 Å². The van der Waals surface area contributed by atoms with Gasteiger partial charge in [0.1, 0.15) is 0 Å². The number of aromatic nitrogens is 1. The van der Waals surface area contributed by atoms with Crippen molar-refractivity contribution in [3.8, 4) is 11.1 Å². The lowest BCUT2D eigenvalue weighted by Crippen LogP contribution is -2.31. The zero-order chi connectivity index (χ0) is 12.8. The molecule has 0 atom stereocenters. The summed E-state index contributed by atoms with van der Waals surface area (Å²) in [5.41, 5.74) is 3.70. The maximum absolute atomic E-state index is 3.75. The molecule has 0 saturated heterocycles. The minimum absolute atomic E-state index is 0.882. The van der Waals surface area contributed by atoms with Gasteiger partial charge in [0.25, 0.3) is 0 Å². The molecule has 0 bridgehead atoms. The summed E-state index contributed by atoms with van der Waals surface area (Å²) in [6, 6.07) is 14.7. The molecule has 0 amide bonds. The summed E-state index contributed by atoms with van der Waals surface area (Å²) < 4.78 is 2.15. The molecule has 1 heteroatoms. The Labute approximate surface area is 109 Å². The summed E-state index contributed by atoms with van der Waals surface area (Å²) >= 11 is 0. The van der Waals surface area contributed by atoms with Crippen molar-refractivity contribution in [1.82, 2.24) is 0 Å². The van der Waals surface area contributed by atoms with Gasteiger partial charge in [-0.3, -0.25) is 0 Å². The monoisotopic (exact) mass is 236 g/mol. The highest BCUT2D eigenvalue weighted by molar-refractivity contribution is 5.61. The Morgan fingerprint density at radius 3 is 2.28 bits per heavy atom. The third-order valence-electron chi connectivity index (χ3n) is 2.94. The molecule has 18 heavy (non-hydrogen) atoms. The third kappa shape index (κ3) is 3.17. The zero-order valence-corrected chi connectivity index (χ0v) is 10.7. The lowest BCUT2D eigenvalue weighted by Gasteiger charge is -2.00. The van der Waals surface area contributed by atoms with Gasteiger partial charge in [-0.15, -0.1) is 0 Å². The molecule has 1 heterocycles. The zero-order valence-electron chi connectivity index (χ0n) is 10.7. The highest BCUT2D eigenvalue weighted by Gasteiger charge is 2.00. The van der Waals surface area contributed by atoms with Crippen LogP contribution < -0.4 is 4.57 Å². The average Bonchev–Trinajstić information content (AvgIpc) is 2.46.